The van der Waals surface area contributed by atoms with Crippen molar-refractivity contribution in [2.75, 3.05) is 7.05 Å². The second-order valence-electron chi connectivity index (χ2n) is 6.38. The summed E-state index contributed by atoms with van der Waals surface area (Å²) in [6.45, 7) is 4.10. The average Bonchev–Trinajstić information content (AvgIpc) is 2.67. The fraction of sp³-hybridized carbons (Fsp3) is 0.250. The lowest BCUT2D eigenvalue weighted by molar-refractivity contribution is 0.0743. The molecule has 0 bridgehead atoms. The van der Waals surface area contributed by atoms with Gasteiger partial charge >= 0.3 is 11.1 Å². The van der Waals surface area contributed by atoms with Gasteiger partial charge in [0.25, 0.3) is 5.91 Å². The van der Waals surface area contributed by atoms with Crippen molar-refractivity contribution in [3.63, 3.8) is 0 Å². The van der Waals surface area contributed by atoms with Gasteiger partial charge in [0.1, 0.15) is 0 Å². The minimum absolute atomic E-state index is 0.158. The number of hydrogen-bond acceptors (Lipinski definition) is 3. The maximum absolute atomic E-state index is 12.9. The number of halogens is 1. The molecule has 1 N–H and O–H groups in total. The van der Waals surface area contributed by atoms with Gasteiger partial charge in [0.05, 0.1) is 17.1 Å². The minimum Gasteiger partial charge on any atom is -0.335 e. The Balaban J connectivity index is 1.97. The Hall–Kier alpha value is -2.86. The first-order valence-corrected chi connectivity index (χ1v) is 9.00. The van der Waals surface area contributed by atoms with Gasteiger partial charge in [-0.25, -0.2) is 0 Å². The lowest BCUT2D eigenvalue weighted by Crippen LogP contribution is -2.36. The normalized spacial score (nSPS) is 12.1. The number of aromatic nitrogens is 2. The standard InChI is InChI=1S/C20H20ClN3O3/c1-4-24-17-10-7-14(11-16(17)22-18(25)20(24)27)19(26)23(3)12(2)13-5-8-15(21)9-6-13/h5-12H,4H2,1-3H3,(H,22,25). The highest BCUT2D eigenvalue weighted by Crippen LogP contribution is 2.23. The Morgan fingerprint density at radius 1 is 1.19 bits per heavy atom. The Morgan fingerprint density at radius 3 is 2.48 bits per heavy atom. The zero-order valence-corrected chi connectivity index (χ0v) is 16.1. The molecule has 1 aromatic heterocycles. The maximum atomic E-state index is 12.9. The molecule has 1 unspecified atom stereocenters. The monoisotopic (exact) mass is 385 g/mol. The van der Waals surface area contributed by atoms with Crippen LogP contribution in [0.1, 0.15) is 35.8 Å². The van der Waals surface area contributed by atoms with Crippen molar-refractivity contribution in [2.45, 2.75) is 26.4 Å². The number of hydrogen-bond donors (Lipinski definition) is 1. The van der Waals surface area contributed by atoms with Gasteiger partial charge in [0.2, 0.25) is 0 Å². The number of carbonyl (C=O) groups excluding carboxylic acids is 1. The van der Waals surface area contributed by atoms with Crippen LogP contribution in [0.5, 0.6) is 0 Å². The van der Waals surface area contributed by atoms with E-state index in [1.807, 2.05) is 19.1 Å². The van der Waals surface area contributed by atoms with Crippen LogP contribution in [0.25, 0.3) is 11.0 Å². The topological polar surface area (TPSA) is 75.2 Å². The lowest BCUT2D eigenvalue weighted by atomic mass is 10.1. The molecule has 7 heteroatoms. The molecule has 140 valence electrons. The van der Waals surface area contributed by atoms with Gasteiger partial charge < -0.3 is 14.5 Å². The molecule has 3 rings (SSSR count). The van der Waals surface area contributed by atoms with Crippen LogP contribution in [-0.2, 0) is 6.54 Å². The number of nitrogens with one attached hydrogen (secondary N) is 1. The van der Waals surface area contributed by atoms with Crippen molar-refractivity contribution in [3.8, 4) is 0 Å². The van der Waals surface area contributed by atoms with Crippen LogP contribution in [0.2, 0.25) is 5.02 Å². The number of amides is 1. The third-order valence-corrected chi connectivity index (χ3v) is 5.04. The van der Waals surface area contributed by atoms with Gasteiger partial charge in [-0.3, -0.25) is 14.4 Å². The molecule has 0 saturated heterocycles. The maximum Gasteiger partial charge on any atom is 0.316 e. The first kappa shape index (κ1) is 18.9. The molecule has 1 amide bonds. The molecule has 0 aliphatic heterocycles. The van der Waals surface area contributed by atoms with Crippen molar-refractivity contribution < 1.29 is 4.79 Å². The van der Waals surface area contributed by atoms with E-state index < -0.39 is 11.1 Å². The van der Waals surface area contributed by atoms with Gasteiger partial charge in [0, 0.05) is 24.2 Å². The molecule has 0 aliphatic rings. The summed E-state index contributed by atoms with van der Waals surface area (Å²) in [6.07, 6.45) is 0. The molecular formula is C20H20ClN3O3. The van der Waals surface area contributed by atoms with Gasteiger partial charge in [-0.1, -0.05) is 23.7 Å². The third-order valence-electron chi connectivity index (χ3n) is 4.79. The van der Waals surface area contributed by atoms with E-state index in [0.717, 1.165) is 5.56 Å². The molecule has 27 heavy (non-hydrogen) atoms. The number of fused-ring (bicyclic) bond motifs is 1. The summed E-state index contributed by atoms with van der Waals surface area (Å²) >= 11 is 5.92. The molecule has 1 atom stereocenters. The lowest BCUT2D eigenvalue weighted by Gasteiger charge is -2.25. The van der Waals surface area contributed by atoms with Crippen LogP contribution in [0, 0.1) is 0 Å². The molecule has 0 spiro atoms. The Bertz CT molecular complexity index is 1120. The third kappa shape index (κ3) is 3.53. The second-order valence-corrected chi connectivity index (χ2v) is 6.82. The summed E-state index contributed by atoms with van der Waals surface area (Å²) in [5.74, 6) is -0.186. The first-order chi connectivity index (χ1) is 12.8. The second kappa shape index (κ2) is 7.40. The van der Waals surface area contributed by atoms with Crippen LogP contribution < -0.4 is 11.1 Å². The molecule has 3 aromatic rings. The summed E-state index contributed by atoms with van der Waals surface area (Å²) in [5.41, 5.74) is 1.15. The highest BCUT2D eigenvalue weighted by Gasteiger charge is 2.20. The Labute approximate surface area is 161 Å². The number of aromatic amines is 1. The number of benzene rings is 2. The van der Waals surface area contributed by atoms with E-state index in [2.05, 4.69) is 4.98 Å². The largest absolute Gasteiger partial charge is 0.335 e. The molecule has 0 fully saturated rings. The van der Waals surface area contributed by atoms with Crippen LogP contribution >= 0.6 is 11.6 Å². The average molecular weight is 386 g/mol. The molecule has 2 aromatic carbocycles. The predicted molar refractivity (Wildman–Crippen MR) is 106 cm³/mol. The highest BCUT2D eigenvalue weighted by molar-refractivity contribution is 6.30. The molecule has 0 aliphatic carbocycles. The van der Waals surface area contributed by atoms with Crippen molar-refractivity contribution >= 4 is 28.5 Å². The van der Waals surface area contributed by atoms with Crippen molar-refractivity contribution in [1.29, 1.82) is 0 Å². The van der Waals surface area contributed by atoms with E-state index in [1.54, 1.807) is 49.2 Å². The molecular weight excluding hydrogens is 366 g/mol. The van der Waals surface area contributed by atoms with E-state index in [1.165, 1.54) is 4.57 Å². The predicted octanol–water partition coefficient (Wildman–Crippen LogP) is 3.20. The smallest absolute Gasteiger partial charge is 0.316 e. The van der Waals surface area contributed by atoms with Crippen molar-refractivity contribution in [3.05, 3.63) is 79.3 Å². The summed E-state index contributed by atoms with van der Waals surface area (Å²) < 4.78 is 1.39. The Kier molecular flexibility index (Phi) is 5.19. The van der Waals surface area contributed by atoms with Gasteiger partial charge in [-0.05, 0) is 49.7 Å². The summed E-state index contributed by atoms with van der Waals surface area (Å²) in [7, 11) is 1.72. The quantitative estimate of drug-likeness (QED) is 0.701. The molecule has 6 nitrogen and oxygen atoms in total. The number of aryl methyl sites for hydroxylation is 1. The van der Waals surface area contributed by atoms with Crippen LogP contribution in [0.4, 0.5) is 0 Å². The minimum atomic E-state index is -0.697. The fourth-order valence-corrected chi connectivity index (χ4v) is 3.20. The van der Waals surface area contributed by atoms with E-state index in [9.17, 15) is 14.4 Å². The van der Waals surface area contributed by atoms with Gasteiger partial charge in [-0.15, -0.1) is 0 Å². The number of nitrogens with zero attached hydrogens (tertiary/aromatic N) is 2. The highest BCUT2D eigenvalue weighted by atomic mass is 35.5. The van der Waals surface area contributed by atoms with Crippen LogP contribution in [0.3, 0.4) is 0 Å². The Morgan fingerprint density at radius 2 is 1.85 bits per heavy atom. The van der Waals surface area contributed by atoms with Gasteiger partial charge in [0.15, 0.2) is 0 Å². The summed E-state index contributed by atoms with van der Waals surface area (Å²) in [5, 5.41) is 0.639. The van der Waals surface area contributed by atoms with Gasteiger partial charge in [-0.2, -0.15) is 0 Å². The summed E-state index contributed by atoms with van der Waals surface area (Å²) in [4.78, 5) is 40.9. The van der Waals surface area contributed by atoms with E-state index in [-0.39, 0.29) is 11.9 Å². The SMILES string of the molecule is CCn1c(=O)c(=O)[nH]c2cc(C(=O)N(C)C(C)c3ccc(Cl)cc3)ccc21. The number of carbonyl (C=O) groups is 1. The van der Waals surface area contributed by atoms with Crippen molar-refractivity contribution in [1.82, 2.24) is 14.5 Å². The first-order valence-electron chi connectivity index (χ1n) is 8.63. The van der Waals surface area contributed by atoms with E-state index in [4.69, 9.17) is 11.6 Å². The number of H-pyrrole nitrogens is 1. The van der Waals surface area contributed by atoms with E-state index >= 15 is 0 Å². The molecule has 0 radical (unpaired) electrons. The zero-order chi connectivity index (χ0) is 19.7. The van der Waals surface area contributed by atoms with Crippen LogP contribution in [-0.4, -0.2) is 27.4 Å². The van der Waals surface area contributed by atoms with E-state index in [0.29, 0.717) is 28.2 Å². The molecule has 0 saturated carbocycles. The fourth-order valence-electron chi connectivity index (χ4n) is 3.07. The molecule has 1 heterocycles. The summed E-state index contributed by atoms with van der Waals surface area (Å²) in [6, 6.07) is 12.1. The van der Waals surface area contributed by atoms with Crippen LogP contribution in [0.15, 0.2) is 52.1 Å². The zero-order valence-electron chi connectivity index (χ0n) is 15.3. The van der Waals surface area contributed by atoms with Crippen molar-refractivity contribution in [2.24, 2.45) is 0 Å². The number of rotatable bonds is 4.